The van der Waals surface area contributed by atoms with Gasteiger partial charge in [0.1, 0.15) is 17.3 Å². The monoisotopic (exact) mass is 515 g/mol. The van der Waals surface area contributed by atoms with Gasteiger partial charge in [0, 0.05) is 10.0 Å². The van der Waals surface area contributed by atoms with Gasteiger partial charge in [-0.3, -0.25) is 9.59 Å². The maximum atomic E-state index is 13.1. The summed E-state index contributed by atoms with van der Waals surface area (Å²) in [6.07, 6.45) is 1.50. The van der Waals surface area contributed by atoms with E-state index in [1.807, 2.05) is 19.1 Å². The van der Waals surface area contributed by atoms with Crippen molar-refractivity contribution >= 4 is 45.0 Å². The highest BCUT2D eigenvalue weighted by molar-refractivity contribution is 9.10. The molecule has 1 amide bonds. The van der Waals surface area contributed by atoms with E-state index in [0.29, 0.717) is 34.3 Å². The van der Waals surface area contributed by atoms with E-state index < -0.39 is 17.7 Å². The number of amides is 1. The van der Waals surface area contributed by atoms with E-state index in [1.165, 1.54) is 17.2 Å². The summed E-state index contributed by atoms with van der Waals surface area (Å²) in [4.78, 5) is 27.5. The molecule has 32 heavy (non-hydrogen) atoms. The number of carbonyl (C=O) groups is 2. The third-order valence-corrected chi connectivity index (χ3v) is 5.90. The minimum Gasteiger partial charge on any atom is -0.507 e. The fraction of sp³-hybridized carbons (Fsp3) is 0.167. The summed E-state index contributed by atoms with van der Waals surface area (Å²) in [5.74, 6) is -0.808. The molecule has 6 nitrogen and oxygen atoms in total. The first-order valence-corrected chi connectivity index (χ1v) is 11.1. The van der Waals surface area contributed by atoms with E-state index in [9.17, 15) is 14.7 Å². The number of rotatable bonds is 6. The minimum atomic E-state index is -0.803. The van der Waals surface area contributed by atoms with E-state index in [4.69, 9.17) is 20.8 Å². The van der Waals surface area contributed by atoms with Crippen molar-refractivity contribution in [2.45, 2.75) is 19.5 Å². The van der Waals surface area contributed by atoms with Crippen molar-refractivity contribution < 1.29 is 23.8 Å². The average Bonchev–Trinajstić information content (AvgIpc) is 3.37. The molecular formula is C24H19BrClNO5. The van der Waals surface area contributed by atoms with Crippen LogP contribution in [0, 0.1) is 0 Å². The first kappa shape index (κ1) is 22.2. The smallest absolute Gasteiger partial charge is 0.296 e. The molecule has 1 fully saturated rings. The lowest BCUT2D eigenvalue weighted by molar-refractivity contribution is -0.140. The van der Waals surface area contributed by atoms with Gasteiger partial charge in [-0.25, -0.2) is 0 Å². The molecule has 164 valence electrons. The number of furan rings is 1. The molecule has 2 aromatic carbocycles. The number of ether oxygens (including phenoxy) is 1. The highest BCUT2D eigenvalue weighted by atomic mass is 79.9. The number of hydrogen-bond donors (Lipinski definition) is 1. The largest absolute Gasteiger partial charge is 0.507 e. The third kappa shape index (κ3) is 4.18. The Bertz CT molecular complexity index is 1200. The molecule has 0 aliphatic carbocycles. The van der Waals surface area contributed by atoms with E-state index in [-0.39, 0.29) is 17.9 Å². The lowest BCUT2D eigenvalue weighted by Gasteiger charge is -2.24. The number of aliphatic hydroxyl groups excluding tert-OH is 1. The number of nitrogens with zero attached hydrogens (tertiary/aromatic N) is 1. The number of likely N-dealkylation sites (tertiary alicyclic amines) is 1. The van der Waals surface area contributed by atoms with Crippen LogP contribution >= 0.6 is 27.5 Å². The van der Waals surface area contributed by atoms with Crippen LogP contribution in [0.2, 0.25) is 5.02 Å². The highest BCUT2D eigenvalue weighted by Crippen LogP contribution is 2.41. The number of Topliss-reactive ketones (excluding diaryl/α,β-unsaturated/α-hetero) is 1. The van der Waals surface area contributed by atoms with Gasteiger partial charge in [0.2, 0.25) is 0 Å². The maximum absolute atomic E-state index is 13.1. The Morgan fingerprint density at radius 3 is 2.66 bits per heavy atom. The number of hydrogen-bond acceptors (Lipinski definition) is 5. The summed E-state index contributed by atoms with van der Waals surface area (Å²) >= 11 is 9.72. The van der Waals surface area contributed by atoms with E-state index >= 15 is 0 Å². The summed E-state index contributed by atoms with van der Waals surface area (Å²) in [6, 6.07) is 14.6. The molecule has 1 aliphatic heterocycles. The Kier molecular flexibility index (Phi) is 6.39. The molecule has 8 heteroatoms. The number of aliphatic hydroxyl groups is 1. The van der Waals surface area contributed by atoms with Crippen molar-refractivity contribution in [2.24, 2.45) is 0 Å². The van der Waals surface area contributed by atoms with Crippen molar-refractivity contribution in [3.63, 3.8) is 0 Å². The zero-order valence-corrected chi connectivity index (χ0v) is 19.4. The first-order chi connectivity index (χ1) is 15.4. The van der Waals surface area contributed by atoms with Crippen LogP contribution in [0.25, 0.3) is 5.76 Å². The van der Waals surface area contributed by atoms with Gasteiger partial charge in [-0.2, -0.15) is 0 Å². The predicted molar refractivity (Wildman–Crippen MR) is 123 cm³/mol. The fourth-order valence-electron chi connectivity index (χ4n) is 3.71. The number of halogens is 2. The van der Waals surface area contributed by atoms with Crippen LogP contribution in [-0.4, -0.2) is 28.3 Å². The molecular weight excluding hydrogens is 498 g/mol. The van der Waals surface area contributed by atoms with E-state index in [2.05, 4.69) is 15.9 Å². The van der Waals surface area contributed by atoms with Gasteiger partial charge in [0.05, 0.1) is 36.1 Å². The Hall–Kier alpha value is -3.03. The molecule has 0 unspecified atom stereocenters. The van der Waals surface area contributed by atoms with Gasteiger partial charge in [0.15, 0.2) is 0 Å². The lowest BCUT2D eigenvalue weighted by Crippen LogP contribution is -2.29. The first-order valence-electron chi connectivity index (χ1n) is 9.89. The van der Waals surface area contributed by atoms with Crippen LogP contribution in [0.1, 0.15) is 29.9 Å². The normalized spacial score (nSPS) is 17.7. The van der Waals surface area contributed by atoms with Gasteiger partial charge >= 0.3 is 0 Å². The molecule has 1 aromatic heterocycles. The maximum Gasteiger partial charge on any atom is 0.296 e. The molecule has 3 aromatic rings. The molecule has 0 saturated carbocycles. The topological polar surface area (TPSA) is 80.0 Å². The van der Waals surface area contributed by atoms with E-state index in [0.717, 1.165) is 4.47 Å². The molecule has 0 bridgehead atoms. The van der Waals surface area contributed by atoms with Crippen molar-refractivity contribution in [2.75, 3.05) is 6.61 Å². The van der Waals surface area contributed by atoms with E-state index in [1.54, 1.807) is 36.4 Å². The minimum absolute atomic E-state index is 0.0140. The Morgan fingerprint density at radius 1 is 1.19 bits per heavy atom. The summed E-state index contributed by atoms with van der Waals surface area (Å²) in [7, 11) is 0. The molecule has 1 saturated heterocycles. The Balaban J connectivity index is 1.85. The van der Waals surface area contributed by atoms with Gasteiger partial charge in [-0.15, -0.1) is 0 Å². The van der Waals surface area contributed by atoms with Crippen molar-refractivity contribution in [1.82, 2.24) is 4.90 Å². The number of carbonyl (C=O) groups excluding carboxylic acids is 2. The Morgan fingerprint density at radius 2 is 2.00 bits per heavy atom. The van der Waals surface area contributed by atoms with Crippen molar-refractivity contribution in [3.8, 4) is 5.75 Å². The van der Waals surface area contributed by atoms with Crippen molar-refractivity contribution in [1.29, 1.82) is 0 Å². The molecule has 0 spiro atoms. The standard InChI is InChI=1S/C24H19BrClNO5/c1-2-31-19-9-8-15(12-18(19)26)22(28)20-21(14-5-3-6-16(25)11-14)27(24(30)23(20)29)13-17-7-4-10-32-17/h3-12,21,28H,2,13H2,1H3/t21-/m0/s1. The second-order valence-electron chi connectivity index (χ2n) is 7.14. The molecule has 1 atom stereocenters. The number of benzene rings is 2. The SMILES string of the molecule is CCOc1ccc(C(O)=C2C(=O)C(=O)N(Cc3ccco3)[C@H]2c2cccc(Br)c2)cc1Cl. The highest BCUT2D eigenvalue weighted by Gasteiger charge is 2.46. The van der Waals surface area contributed by atoms with Crippen LogP contribution in [-0.2, 0) is 16.1 Å². The van der Waals surface area contributed by atoms with Crippen molar-refractivity contribution in [3.05, 3.63) is 92.8 Å². The summed E-state index contributed by atoms with van der Waals surface area (Å²) in [5, 5.41) is 11.4. The summed E-state index contributed by atoms with van der Waals surface area (Å²) < 4.78 is 11.6. The van der Waals surface area contributed by atoms with Gasteiger partial charge in [-0.05, 0) is 55.0 Å². The van der Waals surface area contributed by atoms with Crippen LogP contribution < -0.4 is 4.74 Å². The fourth-order valence-corrected chi connectivity index (χ4v) is 4.36. The van der Waals surface area contributed by atoms with Gasteiger partial charge in [0.25, 0.3) is 11.7 Å². The number of ketones is 1. The van der Waals surface area contributed by atoms with Crippen LogP contribution in [0.5, 0.6) is 5.75 Å². The van der Waals surface area contributed by atoms with Crippen LogP contribution in [0.4, 0.5) is 0 Å². The molecule has 4 rings (SSSR count). The van der Waals surface area contributed by atoms with Gasteiger partial charge in [-0.1, -0.05) is 39.7 Å². The lowest BCUT2D eigenvalue weighted by atomic mass is 9.95. The quantitative estimate of drug-likeness (QED) is 0.258. The van der Waals surface area contributed by atoms with Gasteiger partial charge < -0.3 is 19.2 Å². The second-order valence-corrected chi connectivity index (χ2v) is 8.46. The molecule has 0 radical (unpaired) electrons. The molecule has 1 aliphatic rings. The molecule has 1 N–H and O–H groups in total. The zero-order chi connectivity index (χ0) is 22.8. The average molecular weight is 517 g/mol. The summed E-state index contributed by atoms with van der Waals surface area (Å²) in [6.45, 7) is 2.35. The van der Waals surface area contributed by atoms with Crippen LogP contribution in [0.3, 0.4) is 0 Å². The van der Waals surface area contributed by atoms with Crippen LogP contribution in [0.15, 0.2) is 75.3 Å². The second kappa shape index (κ2) is 9.22. The third-order valence-electron chi connectivity index (χ3n) is 5.12. The Labute approximate surface area is 198 Å². The zero-order valence-electron chi connectivity index (χ0n) is 17.0. The predicted octanol–water partition coefficient (Wildman–Crippen LogP) is 5.72. The molecule has 2 heterocycles. The summed E-state index contributed by atoms with van der Waals surface area (Å²) in [5.41, 5.74) is 0.970.